The Hall–Kier alpha value is -3.13. The summed E-state index contributed by atoms with van der Waals surface area (Å²) in [4.78, 5) is 11.6. The minimum Gasteiger partial charge on any atom is -0.355 e. The van der Waals surface area contributed by atoms with Crippen LogP contribution in [-0.2, 0) is 0 Å². The summed E-state index contributed by atoms with van der Waals surface area (Å²) in [6.45, 7) is 0. The van der Waals surface area contributed by atoms with E-state index >= 15 is 0 Å². The van der Waals surface area contributed by atoms with Gasteiger partial charge in [0.15, 0.2) is 0 Å². The summed E-state index contributed by atoms with van der Waals surface area (Å²) in [6.07, 6.45) is 1.76. The zero-order chi connectivity index (χ0) is 14.8. The van der Waals surface area contributed by atoms with Crippen LogP contribution in [0.15, 0.2) is 48.7 Å². The molecular formula is C16H12N4O. The molecule has 5 nitrogen and oxygen atoms in total. The number of nitrogens with one attached hydrogen (secondary N) is 1. The fraction of sp³-hybridized carbons (Fsp3) is 0.0625. The van der Waals surface area contributed by atoms with Crippen molar-refractivity contribution >= 4 is 11.4 Å². The topological polar surface area (TPSA) is 70.2 Å². The highest BCUT2D eigenvalue weighted by atomic mass is 16.1. The molecule has 1 amide bonds. The highest BCUT2D eigenvalue weighted by molar-refractivity contribution is 5.95. The van der Waals surface area contributed by atoms with Gasteiger partial charge in [-0.25, -0.2) is 4.52 Å². The van der Waals surface area contributed by atoms with Crippen LogP contribution in [0.2, 0.25) is 0 Å². The molecule has 21 heavy (non-hydrogen) atoms. The largest absolute Gasteiger partial charge is 0.355 e. The van der Waals surface area contributed by atoms with Gasteiger partial charge in [-0.05, 0) is 30.3 Å². The third kappa shape index (κ3) is 2.35. The van der Waals surface area contributed by atoms with E-state index in [4.69, 9.17) is 5.26 Å². The molecule has 0 spiro atoms. The Morgan fingerprint density at radius 3 is 2.67 bits per heavy atom. The van der Waals surface area contributed by atoms with Gasteiger partial charge in [0, 0.05) is 24.4 Å². The van der Waals surface area contributed by atoms with Gasteiger partial charge in [-0.15, -0.1) is 0 Å². The number of hydrogen-bond acceptors (Lipinski definition) is 3. The maximum absolute atomic E-state index is 11.6. The Morgan fingerprint density at radius 1 is 1.24 bits per heavy atom. The summed E-state index contributed by atoms with van der Waals surface area (Å²) in [6, 6.07) is 14.8. The summed E-state index contributed by atoms with van der Waals surface area (Å²) >= 11 is 0. The smallest absolute Gasteiger partial charge is 0.251 e. The lowest BCUT2D eigenvalue weighted by Crippen LogP contribution is -2.17. The van der Waals surface area contributed by atoms with Crippen molar-refractivity contribution in [3.8, 4) is 17.3 Å². The molecule has 0 fully saturated rings. The Morgan fingerprint density at radius 2 is 2.00 bits per heavy atom. The Kier molecular flexibility index (Phi) is 3.13. The molecule has 0 unspecified atom stereocenters. The third-order valence-electron chi connectivity index (χ3n) is 3.26. The molecular weight excluding hydrogens is 264 g/mol. The van der Waals surface area contributed by atoms with Crippen molar-refractivity contribution in [1.82, 2.24) is 14.9 Å². The summed E-state index contributed by atoms with van der Waals surface area (Å²) < 4.78 is 1.72. The van der Waals surface area contributed by atoms with Gasteiger partial charge in [0.2, 0.25) is 0 Å². The number of aromatic nitrogens is 2. The summed E-state index contributed by atoms with van der Waals surface area (Å²) in [5.41, 5.74) is 3.78. The van der Waals surface area contributed by atoms with Crippen molar-refractivity contribution in [1.29, 1.82) is 5.26 Å². The maximum atomic E-state index is 11.6. The van der Waals surface area contributed by atoms with E-state index in [9.17, 15) is 4.79 Å². The van der Waals surface area contributed by atoms with Crippen LogP contribution >= 0.6 is 0 Å². The summed E-state index contributed by atoms with van der Waals surface area (Å²) in [5.74, 6) is -0.126. The molecule has 0 aliphatic heterocycles. The van der Waals surface area contributed by atoms with Gasteiger partial charge >= 0.3 is 0 Å². The van der Waals surface area contributed by atoms with Crippen LogP contribution in [0.25, 0.3) is 16.8 Å². The van der Waals surface area contributed by atoms with Crippen LogP contribution in [0.1, 0.15) is 15.9 Å². The normalized spacial score (nSPS) is 10.3. The molecule has 1 N–H and O–H groups in total. The quantitative estimate of drug-likeness (QED) is 0.780. The number of hydrogen-bond donors (Lipinski definition) is 1. The number of fused-ring (bicyclic) bond motifs is 1. The number of carbonyl (C=O) groups excluding carboxylic acids is 1. The summed E-state index contributed by atoms with van der Waals surface area (Å²) in [7, 11) is 1.60. The summed E-state index contributed by atoms with van der Waals surface area (Å²) in [5, 5.41) is 15.9. The molecule has 1 aromatic carbocycles. The van der Waals surface area contributed by atoms with Gasteiger partial charge in [-0.3, -0.25) is 4.79 Å². The lowest BCUT2D eigenvalue weighted by molar-refractivity contribution is 0.0963. The van der Waals surface area contributed by atoms with Gasteiger partial charge in [0.1, 0.15) is 0 Å². The van der Waals surface area contributed by atoms with Crippen LogP contribution in [0, 0.1) is 11.3 Å². The Balaban J connectivity index is 2.04. The standard InChI is InChI=1S/C16H12N4O/c1-18-16(21)13-6-7-20-14(8-13)9-15(19-20)12-4-2-11(10-17)3-5-12/h2-9H,1H3,(H,18,21). The van der Waals surface area contributed by atoms with Crippen molar-refractivity contribution in [2.75, 3.05) is 7.05 Å². The Bertz CT molecular complexity index is 856. The number of nitriles is 1. The van der Waals surface area contributed by atoms with Crippen LogP contribution in [0.3, 0.4) is 0 Å². The molecule has 0 radical (unpaired) electrons. The van der Waals surface area contributed by atoms with Gasteiger partial charge in [0.25, 0.3) is 5.91 Å². The van der Waals surface area contributed by atoms with E-state index in [1.165, 1.54) is 0 Å². The fourth-order valence-corrected chi connectivity index (χ4v) is 2.14. The molecule has 0 atom stereocenters. The lowest BCUT2D eigenvalue weighted by atomic mass is 10.1. The number of pyridine rings is 1. The molecule has 0 saturated carbocycles. The molecule has 3 aromatic rings. The van der Waals surface area contributed by atoms with E-state index in [2.05, 4.69) is 16.5 Å². The number of rotatable bonds is 2. The first-order valence-electron chi connectivity index (χ1n) is 6.43. The highest BCUT2D eigenvalue weighted by Gasteiger charge is 2.08. The van der Waals surface area contributed by atoms with Crippen LogP contribution in [-0.4, -0.2) is 22.6 Å². The molecule has 5 heteroatoms. The van der Waals surface area contributed by atoms with Crippen LogP contribution in [0.4, 0.5) is 0 Å². The first-order chi connectivity index (χ1) is 10.2. The van der Waals surface area contributed by atoms with E-state index in [0.717, 1.165) is 16.8 Å². The van der Waals surface area contributed by atoms with Gasteiger partial charge < -0.3 is 5.32 Å². The molecule has 2 aromatic heterocycles. The van der Waals surface area contributed by atoms with E-state index < -0.39 is 0 Å². The van der Waals surface area contributed by atoms with Crippen molar-refractivity contribution in [2.24, 2.45) is 0 Å². The number of carbonyl (C=O) groups is 1. The maximum Gasteiger partial charge on any atom is 0.251 e. The van der Waals surface area contributed by atoms with E-state index in [0.29, 0.717) is 11.1 Å². The van der Waals surface area contributed by atoms with Crippen molar-refractivity contribution < 1.29 is 4.79 Å². The van der Waals surface area contributed by atoms with E-state index in [-0.39, 0.29) is 5.91 Å². The van der Waals surface area contributed by atoms with Crippen molar-refractivity contribution in [2.45, 2.75) is 0 Å². The average molecular weight is 276 g/mol. The lowest BCUT2D eigenvalue weighted by Gasteiger charge is -1.99. The molecule has 2 heterocycles. The predicted octanol–water partition coefficient (Wildman–Crippen LogP) is 2.23. The first kappa shape index (κ1) is 12.9. The first-order valence-corrected chi connectivity index (χ1v) is 6.43. The van der Waals surface area contributed by atoms with Gasteiger partial charge in [-0.2, -0.15) is 10.4 Å². The van der Waals surface area contributed by atoms with Crippen molar-refractivity contribution in [3.05, 3.63) is 59.8 Å². The third-order valence-corrected chi connectivity index (χ3v) is 3.26. The highest BCUT2D eigenvalue weighted by Crippen LogP contribution is 2.20. The molecule has 0 aliphatic rings. The molecule has 0 saturated heterocycles. The Labute approximate surface area is 121 Å². The molecule has 102 valence electrons. The molecule has 3 rings (SSSR count). The van der Waals surface area contributed by atoms with E-state index in [1.807, 2.05) is 18.2 Å². The SMILES string of the molecule is CNC(=O)c1ccn2nc(-c3ccc(C#N)cc3)cc2c1. The van der Waals surface area contributed by atoms with Crippen LogP contribution in [0.5, 0.6) is 0 Å². The fourth-order valence-electron chi connectivity index (χ4n) is 2.14. The number of nitrogens with zero attached hydrogens (tertiary/aromatic N) is 3. The van der Waals surface area contributed by atoms with Gasteiger partial charge in [-0.1, -0.05) is 12.1 Å². The molecule has 0 aliphatic carbocycles. The second kappa shape index (κ2) is 5.10. The second-order valence-electron chi connectivity index (χ2n) is 4.58. The number of amides is 1. The minimum absolute atomic E-state index is 0.126. The monoisotopic (exact) mass is 276 g/mol. The minimum atomic E-state index is -0.126. The second-order valence-corrected chi connectivity index (χ2v) is 4.58. The van der Waals surface area contributed by atoms with Gasteiger partial charge in [0.05, 0.1) is 22.8 Å². The van der Waals surface area contributed by atoms with E-state index in [1.54, 1.807) is 42.0 Å². The van der Waals surface area contributed by atoms with Crippen LogP contribution < -0.4 is 5.32 Å². The zero-order valence-electron chi connectivity index (χ0n) is 11.4. The molecule has 0 bridgehead atoms. The van der Waals surface area contributed by atoms with Crippen molar-refractivity contribution in [3.63, 3.8) is 0 Å². The predicted molar refractivity (Wildman–Crippen MR) is 78.7 cm³/mol. The average Bonchev–Trinajstić information content (AvgIpc) is 2.97. The number of benzene rings is 1. The zero-order valence-corrected chi connectivity index (χ0v) is 11.4.